The van der Waals surface area contributed by atoms with Crippen molar-refractivity contribution in [2.45, 2.75) is 37.6 Å². The number of hydrogen-bond acceptors (Lipinski definition) is 6. The van der Waals surface area contributed by atoms with Crippen LogP contribution in [0.4, 0.5) is 13.2 Å². The first-order chi connectivity index (χ1) is 15.4. The van der Waals surface area contributed by atoms with E-state index in [1.54, 1.807) is 23.2 Å². The van der Waals surface area contributed by atoms with Gasteiger partial charge < -0.3 is 14.1 Å². The number of nitrogens with zero attached hydrogens (tertiary/aromatic N) is 4. The number of carbonyl (C=O) groups is 1. The van der Waals surface area contributed by atoms with Crippen LogP contribution in [-0.2, 0) is 6.18 Å². The second kappa shape index (κ2) is 7.92. The largest absolute Gasteiger partial charge is 0.472 e. The summed E-state index contributed by atoms with van der Waals surface area (Å²) in [6, 6.07) is 5.38. The Kier molecular flexibility index (Phi) is 5.07. The van der Waals surface area contributed by atoms with Crippen LogP contribution in [0.1, 0.15) is 35.3 Å². The van der Waals surface area contributed by atoms with Gasteiger partial charge >= 0.3 is 6.18 Å². The molecule has 2 aliphatic heterocycles. The number of amides is 1. The zero-order valence-electron chi connectivity index (χ0n) is 16.8. The van der Waals surface area contributed by atoms with E-state index in [2.05, 4.69) is 15.0 Å². The van der Waals surface area contributed by atoms with Crippen molar-refractivity contribution in [1.29, 1.82) is 0 Å². The van der Waals surface area contributed by atoms with E-state index in [-0.39, 0.29) is 35.5 Å². The maximum atomic E-state index is 13.5. The molecule has 2 bridgehead atoms. The van der Waals surface area contributed by atoms with Crippen LogP contribution in [0.15, 0.2) is 53.5 Å². The summed E-state index contributed by atoms with van der Waals surface area (Å²) < 4.78 is 49.7. The number of rotatable bonds is 4. The van der Waals surface area contributed by atoms with Gasteiger partial charge in [-0.3, -0.25) is 9.78 Å². The van der Waals surface area contributed by atoms with Gasteiger partial charge in [-0.05, 0) is 43.4 Å². The standard InChI is InChI=1S/C22H19F3N4O3/c23-22(24,25)14-4-6-18(28-11-14)32-17-10-13-3-5-16(17)29(12-13)21(30)19-15(2-1-7-26-19)20-27-8-9-31-20/h1-2,4,6-9,11,13,16-17H,3,5,10,12H2/t13-,16+,17-/m1/s1. The van der Waals surface area contributed by atoms with Crippen molar-refractivity contribution in [2.24, 2.45) is 5.92 Å². The molecule has 0 N–H and O–H groups in total. The topological polar surface area (TPSA) is 81.4 Å². The molecule has 0 spiro atoms. The molecule has 2 saturated heterocycles. The number of oxazole rings is 1. The molecule has 10 heteroatoms. The van der Waals surface area contributed by atoms with Gasteiger partial charge in [0.2, 0.25) is 11.8 Å². The number of fused-ring (bicyclic) bond motifs is 3. The van der Waals surface area contributed by atoms with Crippen molar-refractivity contribution in [3.8, 4) is 17.3 Å². The molecule has 1 amide bonds. The Bertz CT molecular complexity index is 1100. The summed E-state index contributed by atoms with van der Waals surface area (Å²) >= 11 is 0. The molecule has 1 saturated carbocycles. The van der Waals surface area contributed by atoms with Crippen molar-refractivity contribution in [2.75, 3.05) is 6.54 Å². The van der Waals surface area contributed by atoms with Crippen molar-refractivity contribution < 1.29 is 27.1 Å². The van der Waals surface area contributed by atoms with E-state index in [0.717, 1.165) is 25.1 Å². The molecule has 6 rings (SSSR count). The Morgan fingerprint density at radius 3 is 2.69 bits per heavy atom. The zero-order valence-corrected chi connectivity index (χ0v) is 16.8. The van der Waals surface area contributed by atoms with E-state index in [0.29, 0.717) is 24.4 Å². The lowest BCUT2D eigenvalue weighted by molar-refractivity contribution is -0.137. The van der Waals surface area contributed by atoms with Gasteiger partial charge in [0.05, 0.1) is 23.4 Å². The normalized spacial score (nSPS) is 22.7. The van der Waals surface area contributed by atoms with Crippen LogP contribution in [0, 0.1) is 5.92 Å². The number of pyridine rings is 2. The van der Waals surface area contributed by atoms with Crippen LogP contribution in [0.3, 0.4) is 0 Å². The first-order valence-corrected chi connectivity index (χ1v) is 10.3. The van der Waals surface area contributed by atoms with E-state index >= 15 is 0 Å². The Morgan fingerprint density at radius 1 is 1.12 bits per heavy atom. The maximum Gasteiger partial charge on any atom is 0.417 e. The number of carbonyl (C=O) groups excluding carboxylic acids is 1. The average Bonchev–Trinajstić information content (AvgIpc) is 3.33. The molecule has 7 nitrogen and oxygen atoms in total. The lowest BCUT2D eigenvalue weighted by Gasteiger charge is -2.49. The molecule has 0 aromatic carbocycles. The van der Waals surface area contributed by atoms with Gasteiger partial charge in [0, 0.05) is 25.0 Å². The molecule has 32 heavy (non-hydrogen) atoms. The molecule has 3 atom stereocenters. The van der Waals surface area contributed by atoms with Crippen LogP contribution in [0.2, 0.25) is 0 Å². The fourth-order valence-corrected chi connectivity index (χ4v) is 4.51. The van der Waals surface area contributed by atoms with Crippen molar-refractivity contribution in [1.82, 2.24) is 19.9 Å². The Balaban J connectivity index is 1.37. The van der Waals surface area contributed by atoms with Crippen molar-refractivity contribution in [3.63, 3.8) is 0 Å². The fraction of sp³-hybridized carbons (Fsp3) is 0.364. The maximum absolute atomic E-state index is 13.5. The number of ether oxygens (including phenoxy) is 1. The van der Waals surface area contributed by atoms with Crippen molar-refractivity contribution in [3.05, 3.63) is 60.4 Å². The third kappa shape index (κ3) is 3.80. The third-order valence-corrected chi connectivity index (χ3v) is 5.99. The third-order valence-electron chi connectivity index (χ3n) is 5.99. The Morgan fingerprint density at radius 2 is 2.00 bits per heavy atom. The second-order valence-corrected chi connectivity index (χ2v) is 7.98. The quantitative estimate of drug-likeness (QED) is 0.599. The van der Waals surface area contributed by atoms with Crippen molar-refractivity contribution >= 4 is 5.91 Å². The van der Waals surface area contributed by atoms with Gasteiger partial charge in [-0.1, -0.05) is 0 Å². The minimum Gasteiger partial charge on any atom is -0.472 e. The predicted molar refractivity (Wildman–Crippen MR) is 106 cm³/mol. The molecular weight excluding hydrogens is 425 g/mol. The van der Waals surface area contributed by atoms with Crippen LogP contribution < -0.4 is 4.74 Å². The average molecular weight is 444 g/mol. The minimum atomic E-state index is -4.46. The first kappa shape index (κ1) is 20.5. The predicted octanol–water partition coefficient (Wildman–Crippen LogP) is 4.22. The van der Waals surface area contributed by atoms with E-state index in [4.69, 9.17) is 9.15 Å². The van der Waals surface area contributed by atoms with Gasteiger partial charge in [-0.25, -0.2) is 9.97 Å². The van der Waals surface area contributed by atoms with E-state index in [1.165, 1.54) is 18.5 Å². The second-order valence-electron chi connectivity index (χ2n) is 7.98. The highest BCUT2D eigenvalue weighted by Crippen LogP contribution is 2.38. The summed E-state index contributed by atoms with van der Waals surface area (Å²) in [5, 5.41) is 0. The van der Waals surface area contributed by atoms with E-state index in [1.807, 2.05) is 0 Å². The molecule has 3 aliphatic rings. The van der Waals surface area contributed by atoms with Crippen LogP contribution in [0.25, 0.3) is 11.5 Å². The van der Waals surface area contributed by atoms with Crippen LogP contribution >= 0.6 is 0 Å². The minimum absolute atomic E-state index is 0.112. The number of piperidine rings is 2. The highest BCUT2D eigenvalue weighted by atomic mass is 19.4. The molecular formula is C22H19F3N4O3. The molecule has 1 aliphatic carbocycles. The lowest BCUT2D eigenvalue weighted by Crippen LogP contribution is -2.59. The SMILES string of the molecule is O=C(c1ncccc1-c1ncco1)N1C[C@@H]2CC[C@H]1[C@H](Oc1ccc(C(F)(F)F)cn1)C2. The summed E-state index contributed by atoms with van der Waals surface area (Å²) in [6.07, 6.45) is 2.84. The van der Waals surface area contributed by atoms with Gasteiger partial charge in [0.15, 0.2) is 0 Å². The Hall–Kier alpha value is -3.43. The molecule has 0 radical (unpaired) electrons. The van der Waals surface area contributed by atoms with Crippen LogP contribution in [0.5, 0.6) is 5.88 Å². The first-order valence-electron chi connectivity index (χ1n) is 10.3. The lowest BCUT2D eigenvalue weighted by atomic mass is 9.77. The summed E-state index contributed by atoms with van der Waals surface area (Å²) in [5.74, 6) is 0.408. The van der Waals surface area contributed by atoms with Gasteiger partial charge in [0.1, 0.15) is 18.1 Å². The van der Waals surface area contributed by atoms with Gasteiger partial charge in [-0.15, -0.1) is 0 Å². The summed E-state index contributed by atoms with van der Waals surface area (Å²) in [6.45, 7) is 0.575. The summed E-state index contributed by atoms with van der Waals surface area (Å²) in [5.41, 5.74) is -0.0826. The zero-order chi connectivity index (χ0) is 22.3. The summed E-state index contributed by atoms with van der Waals surface area (Å²) in [4.78, 5) is 27.4. The molecule has 5 heterocycles. The molecule has 3 aromatic rings. The Labute approximate surface area is 181 Å². The number of alkyl halides is 3. The molecule has 3 aromatic heterocycles. The monoisotopic (exact) mass is 444 g/mol. The smallest absolute Gasteiger partial charge is 0.417 e. The number of aromatic nitrogens is 3. The van der Waals surface area contributed by atoms with E-state index in [9.17, 15) is 18.0 Å². The molecule has 0 unspecified atom stereocenters. The van der Waals surface area contributed by atoms with Gasteiger partial charge in [0.25, 0.3) is 5.91 Å². The molecule has 3 fully saturated rings. The van der Waals surface area contributed by atoms with Crippen LogP contribution in [-0.4, -0.2) is 44.4 Å². The highest BCUT2D eigenvalue weighted by molar-refractivity contribution is 5.98. The summed E-state index contributed by atoms with van der Waals surface area (Å²) in [7, 11) is 0. The highest BCUT2D eigenvalue weighted by Gasteiger charge is 2.45. The van der Waals surface area contributed by atoms with Gasteiger partial charge in [-0.2, -0.15) is 13.2 Å². The number of halogens is 3. The molecule has 166 valence electrons. The number of hydrogen-bond donors (Lipinski definition) is 0. The fourth-order valence-electron chi connectivity index (χ4n) is 4.51. The van der Waals surface area contributed by atoms with E-state index < -0.39 is 11.7 Å².